The number of unbranched alkanes of at least 4 members (excludes halogenated alkanes) is 1. The Bertz CT molecular complexity index is 470. The van der Waals surface area contributed by atoms with Crippen LogP contribution in [0, 0.1) is 0 Å². The van der Waals surface area contributed by atoms with Crippen molar-refractivity contribution >= 4 is 0 Å². The van der Waals surface area contributed by atoms with Gasteiger partial charge in [0.05, 0.1) is 12.8 Å². The number of nitrogens with one attached hydrogen (secondary N) is 1. The van der Waals surface area contributed by atoms with E-state index in [0.717, 1.165) is 12.3 Å². The lowest BCUT2D eigenvalue weighted by Crippen LogP contribution is -2.04. The summed E-state index contributed by atoms with van der Waals surface area (Å²) in [6, 6.07) is 10.9. The monoisotopic (exact) mass is 243 g/mol. The Morgan fingerprint density at radius 3 is 2.56 bits per heavy atom. The molecule has 0 amide bonds. The Morgan fingerprint density at radius 1 is 1.11 bits per heavy atom. The molecule has 18 heavy (non-hydrogen) atoms. The largest absolute Gasteiger partial charge is 0.467 e. The lowest BCUT2D eigenvalue weighted by molar-refractivity contribution is 0.497. The molecule has 96 valence electrons. The van der Waals surface area contributed by atoms with Gasteiger partial charge in [0.25, 0.3) is 0 Å². The predicted molar refractivity (Wildman–Crippen MR) is 75.5 cm³/mol. The zero-order valence-electron chi connectivity index (χ0n) is 11.2. The van der Waals surface area contributed by atoms with E-state index < -0.39 is 0 Å². The highest BCUT2D eigenvalue weighted by atomic mass is 16.3. The Hall–Kier alpha value is -1.54. The summed E-state index contributed by atoms with van der Waals surface area (Å²) >= 11 is 0. The Morgan fingerprint density at radius 2 is 1.89 bits per heavy atom. The molecule has 0 radical (unpaired) electrons. The molecule has 0 aliphatic carbocycles. The third-order valence-electron chi connectivity index (χ3n) is 3.17. The zero-order valence-corrected chi connectivity index (χ0v) is 11.2. The maximum Gasteiger partial charge on any atom is 0.125 e. The molecule has 0 atom stereocenters. The molecule has 0 saturated carbocycles. The van der Waals surface area contributed by atoms with Gasteiger partial charge in [-0.25, -0.2) is 0 Å². The number of hydrogen-bond donors (Lipinski definition) is 1. The third-order valence-corrected chi connectivity index (χ3v) is 3.17. The molecule has 1 heterocycles. The summed E-state index contributed by atoms with van der Waals surface area (Å²) in [7, 11) is 1.93. The van der Waals surface area contributed by atoms with E-state index in [4.69, 9.17) is 4.42 Å². The molecule has 0 aliphatic heterocycles. The van der Waals surface area contributed by atoms with E-state index in [2.05, 4.69) is 36.5 Å². The molecular weight excluding hydrogens is 222 g/mol. The predicted octanol–water partition coefficient (Wildman–Crippen LogP) is 4.01. The molecule has 2 heteroatoms. The lowest BCUT2D eigenvalue weighted by atomic mass is 10.0. The topological polar surface area (TPSA) is 25.2 Å². The summed E-state index contributed by atoms with van der Waals surface area (Å²) in [5.41, 5.74) is 3.83. The molecule has 0 spiro atoms. The van der Waals surface area contributed by atoms with Gasteiger partial charge in [-0.3, -0.25) is 0 Å². The highest BCUT2D eigenvalue weighted by Crippen LogP contribution is 2.25. The van der Waals surface area contributed by atoms with Crippen LogP contribution in [0.1, 0.15) is 31.1 Å². The highest BCUT2D eigenvalue weighted by molar-refractivity contribution is 5.65. The Balaban J connectivity index is 2.15. The van der Waals surface area contributed by atoms with Crippen molar-refractivity contribution in [3.8, 4) is 11.1 Å². The lowest BCUT2D eigenvalue weighted by Gasteiger charge is -2.04. The van der Waals surface area contributed by atoms with Gasteiger partial charge in [-0.1, -0.05) is 37.6 Å². The molecular formula is C16H21NO. The molecule has 1 aromatic heterocycles. The minimum atomic E-state index is 0.764. The van der Waals surface area contributed by atoms with Gasteiger partial charge in [0, 0.05) is 5.56 Å². The van der Waals surface area contributed by atoms with E-state index >= 15 is 0 Å². The number of hydrogen-bond acceptors (Lipinski definition) is 2. The van der Waals surface area contributed by atoms with Gasteiger partial charge in [-0.2, -0.15) is 0 Å². The number of rotatable bonds is 6. The van der Waals surface area contributed by atoms with E-state index in [-0.39, 0.29) is 0 Å². The minimum absolute atomic E-state index is 0.764. The van der Waals surface area contributed by atoms with Gasteiger partial charge >= 0.3 is 0 Å². The first-order valence-corrected chi connectivity index (χ1v) is 6.65. The van der Waals surface area contributed by atoms with Crippen LogP contribution in [0.4, 0.5) is 0 Å². The summed E-state index contributed by atoms with van der Waals surface area (Å²) < 4.78 is 5.49. The van der Waals surface area contributed by atoms with E-state index in [9.17, 15) is 0 Å². The Labute approximate surface area is 109 Å². The fourth-order valence-electron chi connectivity index (χ4n) is 2.13. The van der Waals surface area contributed by atoms with Gasteiger partial charge in [-0.15, -0.1) is 0 Å². The number of benzene rings is 1. The molecule has 1 aromatic carbocycles. The second-order valence-electron chi connectivity index (χ2n) is 4.59. The van der Waals surface area contributed by atoms with Crippen LogP contribution in [0.5, 0.6) is 0 Å². The van der Waals surface area contributed by atoms with Crippen molar-refractivity contribution in [2.24, 2.45) is 0 Å². The second kappa shape index (κ2) is 6.41. The number of furan rings is 1. The number of aryl methyl sites for hydroxylation is 1. The zero-order chi connectivity index (χ0) is 12.8. The van der Waals surface area contributed by atoms with Crippen LogP contribution < -0.4 is 5.32 Å². The summed E-state index contributed by atoms with van der Waals surface area (Å²) in [5, 5.41) is 3.13. The molecule has 0 fully saturated rings. The average molecular weight is 243 g/mol. The van der Waals surface area contributed by atoms with Crippen molar-refractivity contribution in [3.05, 3.63) is 47.9 Å². The van der Waals surface area contributed by atoms with Gasteiger partial charge in [0.2, 0.25) is 0 Å². The van der Waals surface area contributed by atoms with Crippen molar-refractivity contribution in [1.29, 1.82) is 0 Å². The van der Waals surface area contributed by atoms with Crippen molar-refractivity contribution in [3.63, 3.8) is 0 Å². The van der Waals surface area contributed by atoms with Crippen LogP contribution in [-0.4, -0.2) is 7.05 Å². The maximum atomic E-state index is 5.49. The maximum absolute atomic E-state index is 5.49. The van der Waals surface area contributed by atoms with Gasteiger partial charge < -0.3 is 9.73 Å². The van der Waals surface area contributed by atoms with E-state index in [1.54, 1.807) is 6.26 Å². The quantitative estimate of drug-likeness (QED) is 0.829. The summed E-state index contributed by atoms with van der Waals surface area (Å²) in [6.07, 6.45) is 5.43. The summed E-state index contributed by atoms with van der Waals surface area (Å²) in [5.74, 6) is 0.999. The van der Waals surface area contributed by atoms with Crippen molar-refractivity contribution in [2.75, 3.05) is 7.05 Å². The van der Waals surface area contributed by atoms with Crippen LogP contribution in [0.15, 0.2) is 41.0 Å². The second-order valence-corrected chi connectivity index (χ2v) is 4.59. The normalized spacial score (nSPS) is 10.8. The molecule has 2 aromatic rings. The fraction of sp³-hybridized carbons (Fsp3) is 0.375. The fourth-order valence-corrected chi connectivity index (χ4v) is 2.13. The van der Waals surface area contributed by atoms with E-state index in [0.29, 0.717) is 0 Å². The highest BCUT2D eigenvalue weighted by Gasteiger charge is 2.07. The first kappa shape index (κ1) is 12.9. The van der Waals surface area contributed by atoms with Crippen LogP contribution in [-0.2, 0) is 13.0 Å². The SMILES string of the molecule is CCCCc1ccc(-c2ccoc2CNC)cc1. The van der Waals surface area contributed by atoms with Crippen LogP contribution >= 0.6 is 0 Å². The molecule has 0 unspecified atom stereocenters. The van der Waals surface area contributed by atoms with Crippen molar-refractivity contribution < 1.29 is 4.42 Å². The van der Waals surface area contributed by atoms with Gasteiger partial charge in [-0.05, 0) is 37.1 Å². The van der Waals surface area contributed by atoms with Crippen molar-refractivity contribution in [1.82, 2.24) is 5.32 Å². The average Bonchev–Trinajstić information content (AvgIpc) is 2.86. The molecule has 2 nitrogen and oxygen atoms in total. The van der Waals surface area contributed by atoms with E-state index in [1.165, 1.54) is 36.0 Å². The van der Waals surface area contributed by atoms with Crippen LogP contribution in [0.25, 0.3) is 11.1 Å². The molecule has 0 saturated heterocycles. The standard InChI is InChI=1S/C16H21NO/c1-3-4-5-13-6-8-14(9-7-13)15-10-11-18-16(15)12-17-2/h6-11,17H,3-5,12H2,1-2H3. The van der Waals surface area contributed by atoms with Gasteiger partial charge in [0.1, 0.15) is 5.76 Å². The van der Waals surface area contributed by atoms with Gasteiger partial charge in [0.15, 0.2) is 0 Å². The molecule has 0 bridgehead atoms. The molecule has 2 rings (SSSR count). The minimum Gasteiger partial charge on any atom is -0.467 e. The smallest absolute Gasteiger partial charge is 0.125 e. The van der Waals surface area contributed by atoms with Crippen LogP contribution in [0.2, 0.25) is 0 Å². The first-order valence-electron chi connectivity index (χ1n) is 6.65. The van der Waals surface area contributed by atoms with E-state index in [1.807, 2.05) is 13.1 Å². The first-order chi connectivity index (χ1) is 8.85. The summed E-state index contributed by atoms with van der Waals surface area (Å²) in [4.78, 5) is 0. The molecule has 0 aliphatic rings. The third kappa shape index (κ3) is 3.02. The van der Waals surface area contributed by atoms with Crippen molar-refractivity contribution in [2.45, 2.75) is 32.7 Å². The summed E-state index contributed by atoms with van der Waals surface area (Å²) in [6.45, 7) is 2.99. The van der Waals surface area contributed by atoms with Crippen LogP contribution in [0.3, 0.4) is 0 Å². The molecule has 1 N–H and O–H groups in total. The Kier molecular flexibility index (Phi) is 4.59.